The first kappa shape index (κ1) is 24.3. The van der Waals surface area contributed by atoms with Crippen LogP contribution >= 0.6 is 0 Å². The quantitative estimate of drug-likeness (QED) is 0.536. The Bertz CT molecular complexity index is 1140. The second kappa shape index (κ2) is 9.08. The molecular weight excluding hydrogens is 453 g/mol. The second-order valence-electron chi connectivity index (χ2n) is 9.04. The number of aliphatic hydroxyl groups is 1. The number of pyridine rings is 1. The van der Waals surface area contributed by atoms with Gasteiger partial charge in [0.1, 0.15) is 23.9 Å². The maximum atomic E-state index is 12.9. The molecule has 0 saturated carbocycles. The molecule has 3 aromatic heterocycles. The molecule has 0 radical (unpaired) electrons. The Kier molecular flexibility index (Phi) is 6.49. The highest BCUT2D eigenvalue weighted by Crippen LogP contribution is 2.32. The highest BCUT2D eigenvalue weighted by molar-refractivity contribution is 5.81. The van der Waals surface area contributed by atoms with E-state index in [0.717, 1.165) is 12.3 Å². The predicted molar refractivity (Wildman–Crippen MR) is 117 cm³/mol. The SMILES string of the molecule is CCn1c(-c2ccc(C(F)(F)F)nc2)nc2c(O[C@H]3CCN(C(O)OC(C)(C)C)C3)ncnc21. The van der Waals surface area contributed by atoms with Crippen LogP contribution in [0.3, 0.4) is 0 Å². The van der Waals surface area contributed by atoms with Gasteiger partial charge in [-0.05, 0) is 46.2 Å². The Balaban J connectivity index is 1.58. The number of likely N-dealkylation sites (tertiary alicyclic amines) is 1. The number of aromatic nitrogens is 5. The maximum Gasteiger partial charge on any atom is 0.433 e. The van der Waals surface area contributed by atoms with E-state index in [9.17, 15) is 18.3 Å². The molecule has 0 bridgehead atoms. The summed E-state index contributed by atoms with van der Waals surface area (Å²) in [4.78, 5) is 18.5. The molecule has 0 amide bonds. The van der Waals surface area contributed by atoms with Crippen LogP contribution in [0.15, 0.2) is 24.7 Å². The van der Waals surface area contributed by atoms with Crippen molar-refractivity contribution in [2.75, 3.05) is 13.1 Å². The first-order chi connectivity index (χ1) is 16.0. The molecule has 3 aromatic rings. The van der Waals surface area contributed by atoms with Crippen LogP contribution in [-0.4, -0.2) is 65.7 Å². The van der Waals surface area contributed by atoms with Gasteiger partial charge >= 0.3 is 6.18 Å². The van der Waals surface area contributed by atoms with Crippen molar-refractivity contribution in [3.8, 4) is 17.3 Å². The van der Waals surface area contributed by atoms with Gasteiger partial charge in [-0.2, -0.15) is 18.2 Å². The van der Waals surface area contributed by atoms with Crippen molar-refractivity contribution in [3.05, 3.63) is 30.4 Å². The van der Waals surface area contributed by atoms with Crippen LogP contribution in [0.4, 0.5) is 13.2 Å². The fraction of sp³-hybridized carbons (Fsp3) is 0.545. The molecule has 1 aliphatic heterocycles. The van der Waals surface area contributed by atoms with Gasteiger partial charge in [-0.25, -0.2) is 9.97 Å². The third-order valence-corrected chi connectivity index (χ3v) is 5.35. The maximum absolute atomic E-state index is 12.9. The molecule has 4 heterocycles. The monoisotopic (exact) mass is 480 g/mol. The van der Waals surface area contributed by atoms with E-state index in [1.165, 1.54) is 12.4 Å². The van der Waals surface area contributed by atoms with E-state index in [2.05, 4.69) is 19.9 Å². The van der Waals surface area contributed by atoms with Gasteiger partial charge in [0, 0.05) is 31.4 Å². The zero-order valence-electron chi connectivity index (χ0n) is 19.4. The summed E-state index contributed by atoms with van der Waals surface area (Å²) in [6, 6.07) is 2.26. The molecule has 1 aliphatic rings. The topological polar surface area (TPSA) is 98.4 Å². The first-order valence-corrected chi connectivity index (χ1v) is 11.0. The summed E-state index contributed by atoms with van der Waals surface area (Å²) < 4.78 is 52.2. The Labute approximate surface area is 194 Å². The number of ether oxygens (including phenoxy) is 2. The van der Waals surface area contributed by atoms with E-state index >= 15 is 0 Å². The van der Waals surface area contributed by atoms with Crippen molar-refractivity contribution >= 4 is 11.2 Å². The third-order valence-electron chi connectivity index (χ3n) is 5.35. The lowest BCUT2D eigenvalue weighted by Crippen LogP contribution is -2.41. The number of halogens is 3. The number of imidazole rings is 1. The van der Waals surface area contributed by atoms with Crippen LogP contribution < -0.4 is 4.74 Å². The first-order valence-electron chi connectivity index (χ1n) is 11.0. The minimum atomic E-state index is -4.52. The van der Waals surface area contributed by atoms with Crippen LogP contribution in [0.2, 0.25) is 0 Å². The molecule has 1 N–H and O–H groups in total. The fourth-order valence-electron chi connectivity index (χ4n) is 3.82. The molecule has 34 heavy (non-hydrogen) atoms. The Morgan fingerprint density at radius 2 is 1.94 bits per heavy atom. The summed E-state index contributed by atoms with van der Waals surface area (Å²) >= 11 is 0. The van der Waals surface area contributed by atoms with Gasteiger partial charge in [0.05, 0.1) is 5.60 Å². The lowest BCUT2D eigenvalue weighted by molar-refractivity contribution is -0.234. The minimum Gasteiger partial charge on any atom is -0.471 e. The van der Waals surface area contributed by atoms with E-state index < -0.39 is 23.9 Å². The number of hydrogen-bond donors (Lipinski definition) is 1. The number of fused-ring (bicyclic) bond motifs is 1. The van der Waals surface area contributed by atoms with Gasteiger partial charge in [0.25, 0.3) is 0 Å². The average molecular weight is 480 g/mol. The molecule has 2 atom stereocenters. The van der Waals surface area contributed by atoms with Crippen molar-refractivity contribution in [3.63, 3.8) is 0 Å². The number of aliphatic hydroxyl groups excluding tert-OH is 1. The summed E-state index contributed by atoms with van der Waals surface area (Å²) in [5.41, 5.74) is -0.123. The van der Waals surface area contributed by atoms with Crippen LogP contribution in [0, 0.1) is 0 Å². The molecule has 0 aliphatic carbocycles. The molecule has 1 fully saturated rings. The molecule has 184 valence electrons. The Hall–Kier alpha value is -2.83. The van der Waals surface area contributed by atoms with Crippen LogP contribution in [-0.2, 0) is 17.5 Å². The van der Waals surface area contributed by atoms with Crippen LogP contribution in [0.5, 0.6) is 5.88 Å². The molecule has 12 heteroatoms. The van der Waals surface area contributed by atoms with Gasteiger partial charge in [-0.1, -0.05) is 0 Å². The summed E-state index contributed by atoms with van der Waals surface area (Å²) in [6.45, 7) is 8.99. The number of aryl methyl sites for hydroxylation is 1. The number of hydrogen-bond acceptors (Lipinski definition) is 8. The van der Waals surface area contributed by atoms with Crippen molar-refractivity contribution in [1.29, 1.82) is 0 Å². The molecule has 1 unspecified atom stereocenters. The molecule has 0 aromatic carbocycles. The van der Waals surface area contributed by atoms with Gasteiger partial charge < -0.3 is 19.1 Å². The molecular formula is C22H27F3N6O3. The van der Waals surface area contributed by atoms with Crippen molar-refractivity contribution < 1.29 is 27.8 Å². The van der Waals surface area contributed by atoms with E-state index in [1.807, 2.05) is 27.7 Å². The highest BCUT2D eigenvalue weighted by Gasteiger charge is 2.33. The Morgan fingerprint density at radius 3 is 2.56 bits per heavy atom. The molecule has 9 nitrogen and oxygen atoms in total. The Morgan fingerprint density at radius 1 is 1.18 bits per heavy atom. The zero-order chi connectivity index (χ0) is 24.7. The van der Waals surface area contributed by atoms with Crippen molar-refractivity contribution in [2.24, 2.45) is 0 Å². The predicted octanol–water partition coefficient (Wildman–Crippen LogP) is 3.47. The standard InChI is InChI=1S/C22H27F3N6O3/c1-5-31-17(13-6-7-15(26-10-13)22(23,24)25)29-16-18(31)27-12-28-19(16)33-14-8-9-30(11-14)20(32)34-21(2,3)4/h6-7,10,12,14,20,32H,5,8-9,11H2,1-4H3/t14-,20?/m0/s1. The van der Waals surface area contributed by atoms with Gasteiger partial charge in [-0.3, -0.25) is 9.88 Å². The smallest absolute Gasteiger partial charge is 0.433 e. The van der Waals surface area contributed by atoms with Crippen molar-refractivity contribution in [1.82, 2.24) is 29.4 Å². The van der Waals surface area contributed by atoms with E-state index in [-0.39, 0.29) is 12.0 Å². The lowest BCUT2D eigenvalue weighted by Gasteiger charge is -2.29. The molecule has 1 saturated heterocycles. The summed E-state index contributed by atoms with van der Waals surface area (Å²) in [5.74, 6) is 0.697. The summed E-state index contributed by atoms with van der Waals surface area (Å²) in [6.07, 6.45) is -2.65. The van der Waals surface area contributed by atoms with E-state index in [0.29, 0.717) is 48.6 Å². The third kappa shape index (κ3) is 5.13. The largest absolute Gasteiger partial charge is 0.471 e. The average Bonchev–Trinajstić information content (AvgIpc) is 3.37. The normalized spacial score (nSPS) is 18.5. The number of rotatable bonds is 6. The van der Waals surface area contributed by atoms with Crippen LogP contribution in [0.1, 0.15) is 39.8 Å². The highest BCUT2D eigenvalue weighted by atomic mass is 19.4. The van der Waals surface area contributed by atoms with Gasteiger partial charge in [0.2, 0.25) is 12.3 Å². The summed E-state index contributed by atoms with van der Waals surface area (Å²) in [5, 5.41) is 10.3. The van der Waals surface area contributed by atoms with E-state index in [4.69, 9.17) is 9.47 Å². The molecule has 4 rings (SSSR count). The fourth-order valence-corrected chi connectivity index (χ4v) is 3.82. The summed E-state index contributed by atoms with van der Waals surface area (Å²) in [7, 11) is 0. The van der Waals surface area contributed by atoms with Gasteiger partial charge in [-0.15, -0.1) is 0 Å². The second-order valence-corrected chi connectivity index (χ2v) is 9.04. The number of nitrogens with zero attached hydrogens (tertiary/aromatic N) is 6. The molecule has 0 spiro atoms. The van der Waals surface area contributed by atoms with Gasteiger partial charge in [0.15, 0.2) is 11.2 Å². The minimum absolute atomic E-state index is 0.251. The van der Waals surface area contributed by atoms with Crippen LogP contribution in [0.25, 0.3) is 22.6 Å². The zero-order valence-corrected chi connectivity index (χ0v) is 19.4. The van der Waals surface area contributed by atoms with E-state index in [1.54, 1.807) is 9.47 Å². The lowest BCUT2D eigenvalue weighted by atomic mass is 10.2. The van der Waals surface area contributed by atoms with Crippen molar-refractivity contribution in [2.45, 2.75) is 65.0 Å². The number of alkyl halides is 3.